The molecule has 2 aromatic rings. The third-order valence-electron chi connectivity index (χ3n) is 4.70. The Labute approximate surface area is 157 Å². The molecule has 2 amide bonds. The van der Waals surface area contributed by atoms with Gasteiger partial charge in [-0.2, -0.15) is 0 Å². The van der Waals surface area contributed by atoms with Crippen molar-refractivity contribution in [3.05, 3.63) is 53.1 Å². The number of carbonyl (C=O) groups is 2. The predicted molar refractivity (Wildman–Crippen MR) is 99.3 cm³/mol. The van der Waals surface area contributed by atoms with Gasteiger partial charge in [-0.05, 0) is 38.5 Å². The predicted octanol–water partition coefficient (Wildman–Crippen LogP) is 2.52. The molecular formula is C20H24FN3O3. The van der Waals surface area contributed by atoms with Gasteiger partial charge in [0.05, 0.1) is 5.56 Å². The average molecular weight is 373 g/mol. The largest absolute Gasteiger partial charge is 0.481 e. The summed E-state index contributed by atoms with van der Waals surface area (Å²) in [7, 11) is 0. The van der Waals surface area contributed by atoms with E-state index in [-0.39, 0.29) is 24.2 Å². The molecule has 6 nitrogen and oxygen atoms in total. The van der Waals surface area contributed by atoms with Gasteiger partial charge in [0.1, 0.15) is 0 Å². The van der Waals surface area contributed by atoms with Crippen LogP contribution in [0.15, 0.2) is 30.3 Å². The van der Waals surface area contributed by atoms with Crippen LogP contribution in [-0.4, -0.2) is 59.4 Å². The van der Waals surface area contributed by atoms with Crippen LogP contribution in [0.4, 0.5) is 4.39 Å². The molecule has 1 aromatic carbocycles. The number of aryl methyl sites for hydroxylation is 2. The standard InChI is InChI=1S/C20H24FN3O3/c1-14-12-16(15(2)22-14)20(26)24-9-5-8-23(10-11-24)19(25)13-27-18-7-4-3-6-17(18)21/h3-4,6-7,12,22H,5,8-11,13H2,1-2H3. The molecule has 0 saturated carbocycles. The number of aromatic nitrogens is 1. The van der Waals surface area contributed by atoms with Gasteiger partial charge in [0.25, 0.3) is 11.8 Å². The van der Waals surface area contributed by atoms with Gasteiger partial charge in [-0.25, -0.2) is 4.39 Å². The minimum atomic E-state index is -0.491. The minimum absolute atomic E-state index is 0.0197. The van der Waals surface area contributed by atoms with Crippen molar-refractivity contribution in [3.8, 4) is 5.75 Å². The van der Waals surface area contributed by atoms with E-state index in [1.165, 1.54) is 12.1 Å². The second-order valence-corrected chi connectivity index (χ2v) is 6.74. The van der Waals surface area contributed by atoms with Crippen LogP contribution in [-0.2, 0) is 4.79 Å². The summed E-state index contributed by atoms with van der Waals surface area (Å²) in [6.45, 7) is 5.64. The highest BCUT2D eigenvalue weighted by atomic mass is 19.1. The first-order valence-electron chi connectivity index (χ1n) is 9.06. The van der Waals surface area contributed by atoms with Gasteiger partial charge < -0.3 is 19.5 Å². The maximum Gasteiger partial charge on any atom is 0.260 e. The number of amides is 2. The fourth-order valence-electron chi connectivity index (χ4n) is 3.28. The quantitative estimate of drug-likeness (QED) is 0.896. The first-order valence-corrected chi connectivity index (χ1v) is 9.06. The Kier molecular flexibility index (Phi) is 5.78. The Hall–Kier alpha value is -2.83. The molecule has 1 aromatic heterocycles. The monoisotopic (exact) mass is 373 g/mol. The lowest BCUT2D eigenvalue weighted by molar-refractivity contribution is -0.133. The first-order chi connectivity index (χ1) is 13.0. The van der Waals surface area contributed by atoms with Crippen molar-refractivity contribution in [1.29, 1.82) is 0 Å². The van der Waals surface area contributed by atoms with Crippen molar-refractivity contribution in [3.63, 3.8) is 0 Å². The fraction of sp³-hybridized carbons (Fsp3) is 0.400. The van der Waals surface area contributed by atoms with Gasteiger partial charge in [-0.1, -0.05) is 12.1 Å². The van der Waals surface area contributed by atoms with Gasteiger partial charge in [-0.15, -0.1) is 0 Å². The van der Waals surface area contributed by atoms with E-state index in [0.717, 1.165) is 11.4 Å². The van der Waals surface area contributed by atoms with Crippen LogP contribution in [0, 0.1) is 19.7 Å². The first kappa shape index (κ1) is 18.9. The highest BCUT2D eigenvalue weighted by Gasteiger charge is 2.24. The van der Waals surface area contributed by atoms with Crippen LogP contribution in [0.2, 0.25) is 0 Å². The number of nitrogens with one attached hydrogen (secondary N) is 1. The zero-order chi connectivity index (χ0) is 19.4. The van der Waals surface area contributed by atoms with Crippen molar-refractivity contribution in [2.75, 3.05) is 32.8 Å². The van der Waals surface area contributed by atoms with E-state index in [1.807, 2.05) is 19.9 Å². The summed E-state index contributed by atoms with van der Waals surface area (Å²) in [5, 5.41) is 0. The van der Waals surface area contributed by atoms with E-state index in [4.69, 9.17) is 4.74 Å². The van der Waals surface area contributed by atoms with Gasteiger partial charge in [0.2, 0.25) is 0 Å². The second-order valence-electron chi connectivity index (χ2n) is 6.74. The summed E-state index contributed by atoms with van der Waals surface area (Å²) in [4.78, 5) is 31.8. The smallest absolute Gasteiger partial charge is 0.260 e. The Balaban J connectivity index is 1.56. The molecule has 1 N–H and O–H groups in total. The summed E-state index contributed by atoms with van der Waals surface area (Å²) in [6.07, 6.45) is 0.694. The van der Waals surface area contributed by atoms with Gasteiger partial charge in [0.15, 0.2) is 18.2 Å². The molecule has 0 bridgehead atoms. The molecule has 1 fully saturated rings. The summed E-state index contributed by atoms with van der Waals surface area (Å²) >= 11 is 0. The molecule has 27 heavy (non-hydrogen) atoms. The molecular weight excluding hydrogens is 349 g/mol. The second kappa shape index (κ2) is 8.24. The van der Waals surface area contributed by atoms with Crippen LogP contribution in [0.3, 0.4) is 0 Å². The molecule has 3 rings (SSSR count). The number of para-hydroxylation sites is 1. The summed E-state index contributed by atoms with van der Waals surface area (Å²) in [6, 6.07) is 7.86. The average Bonchev–Trinajstić information content (AvgIpc) is 2.85. The number of nitrogens with zero attached hydrogens (tertiary/aromatic N) is 2. The van der Waals surface area contributed by atoms with Gasteiger partial charge in [0, 0.05) is 37.6 Å². The van der Waals surface area contributed by atoms with Crippen molar-refractivity contribution in [2.24, 2.45) is 0 Å². The maximum absolute atomic E-state index is 13.6. The maximum atomic E-state index is 13.6. The van der Waals surface area contributed by atoms with Gasteiger partial charge in [-0.3, -0.25) is 9.59 Å². The van der Waals surface area contributed by atoms with Gasteiger partial charge >= 0.3 is 0 Å². The van der Waals surface area contributed by atoms with Crippen molar-refractivity contribution < 1.29 is 18.7 Å². The van der Waals surface area contributed by atoms with E-state index in [0.29, 0.717) is 38.2 Å². The molecule has 0 radical (unpaired) electrons. The summed E-state index contributed by atoms with van der Waals surface area (Å²) in [5.74, 6) is -0.652. The van der Waals surface area contributed by atoms with E-state index >= 15 is 0 Å². The van der Waals surface area contributed by atoms with Crippen molar-refractivity contribution in [2.45, 2.75) is 20.3 Å². The number of hydrogen-bond donors (Lipinski definition) is 1. The fourth-order valence-corrected chi connectivity index (χ4v) is 3.28. The van der Waals surface area contributed by atoms with Crippen LogP contribution in [0.1, 0.15) is 28.2 Å². The number of aromatic amines is 1. The third-order valence-corrected chi connectivity index (χ3v) is 4.70. The lowest BCUT2D eigenvalue weighted by Crippen LogP contribution is -2.39. The Bertz CT molecular complexity index is 834. The molecule has 1 saturated heterocycles. The molecule has 1 aliphatic heterocycles. The normalized spacial score (nSPS) is 14.8. The number of halogens is 1. The lowest BCUT2D eigenvalue weighted by atomic mass is 10.2. The Morgan fingerprint density at radius 3 is 2.52 bits per heavy atom. The highest BCUT2D eigenvalue weighted by molar-refractivity contribution is 5.95. The van der Waals surface area contributed by atoms with Crippen LogP contribution in [0.25, 0.3) is 0 Å². The zero-order valence-electron chi connectivity index (χ0n) is 15.6. The molecule has 0 atom stereocenters. The van der Waals surface area contributed by atoms with Crippen molar-refractivity contribution in [1.82, 2.24) is 14.8 Å². The number of H-pyrrole nitrogens is 1. The Morgan fingerprint density at radius 1 is 1.11 bits per heavy atom. The number of rotatable bonds is 4. The number of benzene rings is 1. The highest BCUT2D eigenvalue weighted by Crippen LogP contribution is 2.17. The number of ether oxygens (including phenoxy) is 1. The molecule has 0 unspecified atom stereocenters. The SMILES string of the molecule is Cc1cc(C(=O)N2CCCN(C(=O)COc3ccccc3F)CC2)c(C)[nH]1. The molecule has 0 spiro atoms. The summed E-state index contributed by atoms with van der Waals surface area (Å²) in [5.41, 5.74) is 2.48. The molecule has 2 heterocycles. The summed E-state index contributed by atoms with van der Waals surface area (Å²) < 4.78 is 18.9. The number of carbonyl (C=O) groups excluding carboxylic acids is 2. The topological polar surface area (TPSA) is 65.6 Å². The molecule has 0 aliphatic carbocycles. The van der Waals surface area contributed by atoms with E-state index in [2.05, 4.69) is 4.98 Å². The molecule has 7 heteroatoms. The van der Waals surface area contributed by atoms with Crippen molar-refractivity contribution >= 4 is 11.8 Å². The minimum Gasteiger partial charge on any atom is -0.481 e. The van der Waals surface area contributed by atoms with E-state index < -0.39 is 5.82 Å². The number of hydrogen-bond acceptors (Lipinski definition) is 3. The van der Waals surface area contributed by atoms with E-state index in [1.54, 1.807) is 21.9 Å². The van der Waals surface area contributed by atoms with Crippen LogP contribution < -0.4 is 4.74 Å². The van der Waals surface area contributed by atoms with E-state index in [9.17, 15) is 14.0 Å². The zero-order valence-corrected chi connectivity index (χ0v) is 15.6. The Morgan fingerprint density at radius 2 is 1.81 bits per heavy atom. The molecule has 144 valence electrons. The third kappa shape index (κ3) is 4.48. The lowest BCUT2D eigenvalue weighted by Gasteiger charge is -2.22. The molecule has 1 aliphatic rings. The van der Waals surface area contributed by atoms with Crippen LogP contribution >= 0.6 is 0 Å². The van der Waals surface area contributed by atoms with Crippen LogP contribution in [0.5, 0.6) is 5.75 Å².